The van der Waals surface area contributed by atoms with E-state index in [0.717, 1.165) is 24.8 Å². The Morgan fingerprint density at radius 1 is 1.10 bits per heavy atom. The van der Waals surface area contributed by atoms with Crippen molar-refractivity contribution in [2.45, 2.75) is 57.2 Å². The summed E-state index contributed by atoms with van der Waals surface area (Å²) in [6, 6.07) is 10.0. The quantitative estimate of drug-likeness (QED) is 0.876. The minimum absolute atomic E-state index is 0.0180. The van der Waals surface area contributed by atoms with Crippen LogP contribution in [0.1, 0.15) is 51.7 Å². The molecule has 118 valence electrons. The van der Waals surface area contributed by atoms with Crippen LogP contribution in [0.2, 0.25) is 0 Å². The topological polar surface area (TPSA) is 52.9 Å². The molecule has 1 fully saturated rings. The van der Waals surface area contributed by atoms with Crippen LogP contribution in [-0.2, 0) is 4.84 Å². The number of hydrogen-bond acceptors (Lipinski definition) is 4. The summed E-state index contributed by atoms with van der Waals surface area (Å²) in [5.41, 5.74) is 0.168. The van der Waals surface area contributed by atoms with Crippen molar-refractivity contribution in [1.82, 2.24) is 5.06 Å². The number of rotatable bonds is 5. The Hall–Kier alpha value is -0.940. The molecule has 1 aromatic carbocycles. The molecule has 1 heterocycles. The maximum absolute atomic E-state index is 9.83. The van der Waals surface area contributed by atoms with E-state index in [9.17, 15) is 10.2 Å². The number of aliphatic hydroxyl groups is 2. The fourth-order valence-electron chi connectivity index (χ4n) is 3.19. The molecule has 0 saturated carbocycles. The molecule has 1 unspecified atom stereocenters. The molecule has 0 amide bonds. The van der Waals surface area contributed by atoms with Crippen LogP contribution < -0.4 is 0 Å². The molecular formula is C17H27NO3. The molecule has 0 bridgehead atoms. The summed E-state index contributed by atoms with van der Waals surface area (Å²) in [6.07, 6.45) is 2.58. The molecule has 21 heavy (non-hydrogen) atoms. The van der Waals surface area contributed by atoms with Gasteiger partial charge in [0, 0.05) is 0 Å². The van der Waals surface area contributed by atoms with E-state index in [1.165, 1.54) is 0 Å². The summed E-state index contributed by atoms with van der Waals surface area (Å²) in [5.74, 6) is 0. The lowest BCUT2D eigenvalue weighted by atomic mass is 9.80. The Morgan fingerprint density at radius 3 is 2.10 bits per heavy atom. The zero-order chi connectivity index (χ0) is 15.5. The highest BCUT2D eigenvalue weighted by Gasteiger charge is 2.48. The van der Waals surface area contributed by atoms with Crippen LogP contribution in [0.4, 0.5) is 0 Å². The summed E-state index contributed by atoms with van der Waals surface area (Å²) in [5, 5.41) is 21.5. The second-order valence-corrected chi connectivity index (χ2v) is 6.62. The minimum Gasteiger partial charge on any atom is -0.394 e. The van der Waals surface area contributed by atoms with Crippen molar-refractivity contribution in [2.75, 3.05) is 13.2 Å². The molecule has 2 rings (SSSR count). The number of aliphatic hydroxyl groups excluding tert-OH is 2. The van der Waals surface area contributed by atoms with Gasteiger partial charge in [-0.3, -0.25) is 4.84 Å². The zero-order valence-corrected chi connectivity index (χ0v) is 13.2. The number of benzene rings is 1. The SMILES string of the molecule is CC(ON1[C@](C)(CO)CCC[C@@]1(C)CO)c1ccccc1. The minimum atomic E-state index is -0.460. The van der Waals surface area contributed by atoms with Gasteiger partial charge in [0.1, 0.15) is 6.10 Å². The van der Waals surface area contributed by atoms with Crippen LogP contribution in [0.3, 0.4) is 0 Å². The van der Waals surface area contributed by atoms with Crippen molar-refractivity contribution in [3.05, 3.63) is 35.9 Å². The molecule has 1 saturated heterocycles. The second kappa shape index (κ2) is 6.44. The predicted octanol–water partition coefficient (Wildman–Crippen LogP) is 2.67. The first-order valence-corrected chi connectivity index (χ1v) is 7.69. The molecule has 1 aromatic rings. The molecule has 0 radical (unpaired) electrons. The lowest BCUT2D eigenvalue weighted by Gasteiger charge is -2.53. The lowest BCUT2D eigenvalue weighted by molar-refractivity contribution is -0.322. The van der Waals surface area contributed by atoms with Crippen molar-refractivity contribution in [3.8, 4) is 0 Å². The number of piperidine rings is 1. The molecule has 1 aliphatic heterocycles. The molecule has 3 atom stereocenters. The van der Waals surface area contributed by atoms with Crippen molar-refractivity contribution >= 4 is 0 Å². The monoisotopic (exact) mass is 293 g/mol. The third-order valence-electron chi connectivity index (χ3n) is 4.63. The van der Waals surface area contributed by atoms with Gasteiger partial charge in [-0.05, 0) is 45.6 Å². The lowest BCUT2D eigenvalue weighted by Crippen LogP contribution is -2.64. The van der Waals surface area contributed by atoms with E-state index >= 15 is 0 Å². The normalized spacial score (nSPS) is 32.0. The molecule has 2 N–H and O–H groups in total. The Labute approximate surface area is 127 Å². The molecule has 4 nitrogen and oxygen atoms in total. The van der Waals surface area contributed by atoms with E-state index in [1.54, 1.807) is 0 Å². The average Bonchev–Trinajstić information content (AvgIpc) is 2.52. The zero-order valence-electron chi connectivity index (χ0n) is 13.2. The van der Waals surface area contributed by atoms with Crippen LogP contribution in [0.25, 0.3) is 0 Å². The first kappa shape index (κ1) is 16.4. The van der Waals surface area contributed by atoms with Gasteiger partial charge in [-0.2, -0.15) is 5.06 Å². The van der Waals surface area contributed by atoms with Crippen LogP contribution in [0.15, 0.2) is 30.3 Å². The van der Waals surface area contributed by atoms with Gasteiger partial charge in [-0.25, -0.2) is 0 Å². The molecule has 4 heteroatoms. The van der Waals surface area contributed by atoms with Crippen molar-refractivity contribution in [2.24, 2.45) is 0 Å². The van der Waals surface area contributed by atoms with Gasteiger partial charge in [0.2, 0.25) is 0 Å². The van der Waals surface area contributed by atoms with Gasteiger partial charge in [-0.1, -0.05) is 30.3 Å². The maximum atomic E-state index is 9.83. The Balaban J connectivity index is 2.23. The summed E-state index contributed by atoms with van der Waals surface area (Å²) < 4.78 is 0. The van der Waals surface area contributed by atoms with Gasteiger partial charge in [0.05, 0.1) is 24.3 Å². The van der Waals surface area contributed by atoms with E-state index in [2.05, 4.69) is 0 Å². The standard InChI is InChI=1S/C17H27NO3/c1-14(15-8-5-4-6-9-15)21-18-16(2,12-19)10-7-11-17(18,3)13-20/h4-6,8-9,14,19-20H,7,10-13H2,1-3H3/t14?,16-,17-/m0/s1. The van der Waals surface area contributed by atoms with E-state index in [4.69, 9.17) is 4.84 Å². The summed E-state index contributed by atoms with van der Waals surface area (Å²) in [6.45, 7) is 6.03. The van der Waals surface area contributed by atoms with Gasteiger partial charge >= 0.3 is 0 Å². The molecule has 0 aromatic heterocycles. The highest BCUT2D eigenvalue weighted by molar-refractivity contribution is 5.17. The van der Waals surface area contributed by atoms with Crippen LogP contribution >= 0.6 is 0 Å². The van der Waals surface area contributed by atoms with Crippen LogP contribution in [-0.4, -0.2) is 39.6 Å². The first-order valence-electron chi connectivity index (χ1n) is 7.69. The Bertz CT molecular complexity index is 435. The highest BCUT2D eigenvalue weighted by Crippen LogP contribution is 2.40. The molecule has 0 spiro atoms. The smallest absolute Gasteiger partial charge is 0.102 e. The summed E-state index contributed by atoms with van der Waals surface area (Å²) in [4.78, 5) is 6.20. The van der Waals surface area contributed by atoms with E-state index in [-0.39, 0.29) is 19.3 Å². The third kappa shape index (κ3) is 3.29. The summed E-state index contributed by atoms with van der Waals surface area (Å²) >= 11 is 0. The van der Waals surface area contributed by atoms with Crippen molar-refractivity contribution in [3.63, 3.8) is 0 Å². The Kier molecular flexibility index (Phi) is 5.04. The largest absolute Gasteiger partial charge is 0.394 e. The Morgan fingerprint density at radius 2 is 1.62 bits per heavy atom. The molecule has 1 aliphatic rings. The number of hydroxylamine groups is 2. The predicted molar refractivity (Wildman–Crippen MR) is 82.6 cm³/mol. The van der Waals surface area contributed by atoms with Crippen molar-refractivity contribution in [1.29, 1.82) is 0 Å². The third-order valence-corrected chi connectivity index (χ3v) is 4.63. The summed E-state index contributed by atoms with van der Waals surface area (Å²) in [7, 11) is 0. The molecular weight excluding hydrogens is 266 g/mol. The van der Waals surface area contributed by atoms with Gasteiger partial charge < -0.3 is 10.2 Å². The maximum Gasteiger partial charge on any atom is 0.102 e. The van der Waals surface area contributed by atoms with Gasteiger partial charge in [0.15, 0.2) is 0 Å². The van der Waals surface area contributed by atoms with Crippen LogP contribution in [0, 0.1) is 0 Å². The van der Waals surface area contributed by atoms with Crippen molar-refractivity contribution < 1.29 is 15.1 Å². The fourth-order valence-corrected chi connectivity index (χ4v) is 3.19. The fraction of sp³-hybridized carbons (Fsp3) is 0.647. The first-order chi connectivity index (χ1) is 9.95. The van der Waals surface area contributed by atoms with Gasteiger partial charge in [0.25, 0.3) is 0 Å². The average molecular weight is 293 g/mol. The van der Waals surface area contributed by atoms with E-state index in [0.29, 0.717) is 0 Å². The van der Waals surface area contributed by atoms with Gasteiger partial charge in [-0.15, -0.1) is 0 Å². The molecule has 0 aliphatic carbocycles. The number of nitrogens with zero attached hydrogens (tertiary/aromatic N) is 1. The highest BCUT2D eigenvalue weighted by atomic mass is 16.7. The second-order valence-electron chi connectivity index (χ2n) is 6.62. The number of hydrogen-bond donors (Lipinski definition) is 2. The van der Waals surface area contributed by atoms with E-state index in [1.807, 2.05) is 56.2 Å². The van der Waals surface area contributed by atoms with Crippen LogP contribution in [0.5, 0.6) is 0 Å². The van der Waals surface area contributed by atoms with E-state index < -0.39 is 11.1 Å².